The normalized spacial score (nSPS) is 11.4. The van der Waals surface area contributed by atoms with Crippen LogP contribution in [-0.4, -0.2) is 4.98 Å². The Bertz CT molecular complexity index is 552. The van der Waals surface area contributed by atoms with E-state index in [2.05, 4.69) is 4.98 Å². The van der Waals surface area contributed by atoms with Gasteiger partial charge in [-0.1, -0.05) is 58.0 Å². The lowest BCUT2D eigenvalue weighted by Gasteiger charge is -2.09. The Morgan fingerprint density at radius 1 is 1.00 bits per heavy atom. The second-order valence-corrected chi connectivity index (χ2v) is 5.38. The maximum absolute atomic E-state index is 6.10. The molecule has 2 aromatic rings. The number of aromatic nitrogens is 1. The maximum Gasteiger partial charge on any atom is 0.151 e. The van der Waals surface area contributed by atoms with Crippen LogP contribution < -0.4 is 0 Å². The SMILES string of the molecule is Clc1ccc2nc(C(Cl)Cl)c(Cl)c(Cl)c2c1. The molecule has 0 fully saturated rings. The topological polar surface area (TPSA) is 12.9 Å². The van der Waals surface area contributed by atoms with E-state index >= 15 is 0 Å². The van der Waals surface area contributed by atoms with Crippen molar-refractivity contribution in [1.29, 1.82) is 0 Å². The van der Waals surface area contributed by atoms with Gasteiger partial charge in [0.25, 0.3) is 0 Å². The minimum atomic E-state index is -0.815. The molecule has 0 radical (unpaired) electrons. The van der Waals surface area contributed by atoms with Crippen LogP contribution in [0.2, 0.25) is 15.1 Å². The number of hydrogen-bond donors (Lipinski definition) is 0. The lowest BCUT2D eigenvalue weighted by atomic mass is 10.2. The van der Waals surface area contributed by atoms with Crippen LogP contribution in [0.1, 0.15) is 10.5 Å². The summed E-state index contributed by atoms with van der Waals surface area (Å²) in [5, 5.41) is 1.85. The molecule has 1 nitrogen and oxygen atoms in total. The van der Waals surface area contributed by atoms with Crippen molar-refractivity contribution in [2.24, 2.45) is 0 Å². The highest BCUT2D eigenvalue weighted by molar-refractivity contribution is 6.49. The fourth-order valence-electron chi connectivity index (χ4n) is 1.34. The molecule has 16 heavy (non-hydrogen) atoms. The van der Waals surface area contributed by atoms with Gasteiger partial charge in [0, 0.05) is 10.4 Å². The zero-order valence-electron chi connectivity index (χ0n) is 7.65. The minimum absolute atomic E-state index is 0.256. The molecule has 0 unspecified atom stereocenters. The summed E-state index contributed by atoms with van der Waals surface area (Å²) in [5.41, 5.74) is 1.00. The lowest BCUT2D eigenvalue weighted by molar-refractivity contribution is 1.19. The fourth-order valence-corrected chi connectivity index (χ4v) is 2.44. The molecule has 1 aromatic heterocycles. The highest BCUT2D eigenvalue weighted by Gasteiger charge is 2.16. The third kappa shape index (κ3) is 2.20. The number of hydrogen-bond acceptors (Lipinski definition) is 1. The number of nitrogens with zero attached hydrogens (tertiary/aromatic N) is 1. The van der Waals surface area contributed by atoms with Gasteiger partial charge in [0.2, 0.25) is 0 Å². The van der Waals surface area contributed by atoms with E-state index in [0.717, 1.165) is 0 Å². The molecule has 84 valence electrons. The summed E-state index contributed by atoms with van der Waals surface area (Å²) in [7, 11) is 0. The summed E-state index contributed by atoms with van der Waals surface area (Å²) in [6.07, 6.45) is 0. The molecule has 0 aliphatic carbocycles. The predicted octanol–water partition coefficient (Wildman–Crippen LogP) is 5.67. The van der Waals surface area contributed by atoms with Crippen LogP contribution >= 0.6 is 58.0 Å². The van der Waals surface area contributed by atoms with Crippen molar-refractivity contribution in [2.45, 2.75) is 4.84 Å². The van der Waals surface area contributed by atoms with Crippen LogP contribution in [0.15, 0.2) is 18.2 Å². The number of rotatable bonds is 1. The second-order valence-electron chi connectivity index (χ2n) is 3.09. The molecule has 0 saturated heterocycles. The second kappa shape index (κ2) is 4.75. The summed E-state index contributed by atoms with van der Waals surface area (Å²) in [4.78, 5) is 3.42. The van der Waals surface area contributed by atoms with E-state index in [1.807, 2.05) is 0 Å². The van der Waals surface area contributed by atoms with Gasteiger partial charge in [-0.3, -0.25) is 0 Å². The molecule has 0 N–H and O–H groups in total. The summed E-state index contributed by atoms with van der Waals surface area (Å²) in [6.45, 7) is 0. The van der Waals surface area contributed by atoms with Gasteiger partial charge in [-0.2, -0.15) is 0 Å². The van der Waals surface area contributed by atoms with Crippen LogP contribution in [0.4, 0.5) is 0 Å². The molecule has 0 aliphatic rings. The van der Waals surface area contributed by atoms with Gasteiger partial charge in [0.1, 0.15) is 0 Å². The Balaban J connectivity index is 2.83. The lowest BCUT2D eigenvalue weighted by Crippen LogP contribution is -1.92. The highest BCUT2D eigenvalue weighted by atomic mass is 35.5. The molecule has 6 heteroatoms. The van der Waals surface area contributed by atoms with E-state index in [9.17, 15) is 0 Å². The third-order valence-corrected chi connectivity index (χ3v) is 3.58. The Hall–Kier alpha value is 0.0800. The van der Waals surface area contributed by atoms with E-state index in [0.29, 0.717) is 26.6 Å². The van der Waals surface area contributed by atoms with Crippen LogP contribution in [-0.2, 0) is 0 Å². The van der Waals surface area contributed by atoms with Gasteiger partial charge in [-0.15, -0.1) is 0 Å². The number of fused-ring (bicyclic) bond motifs is 1. The van der Waals surface area contributed by atoms with E-state index in [1.54, 1.807) is 18.2 Å². The molecular formula is C10H4Cl5N. The molecule has 0 atom stereocenters. The molecule has 1 heterocycles. The van der Waals surface area contributed by atoms with Gasteiger partial charge in [0.15, 0.2) is 4.84 Å². The van der Waals surface area contributed by atoms with E-state index < -0.39 is 4.84 Å². The van der Waals surface area contributed by atoms with Crippen LogP contribution in [0, 0.1) is 0 Å². The Morgan fingerprint density at radius 2 is 1.69 bits per heavy atom. The summed E-state index contributed by atoms with van der Waals surface area (Å²) >= 11 is 29.5. The molecule has 0 amide bonds. The van der Waals surface area contributed by atoms with Crippen molar-refractivity contribution < 1.29 is 0 Å². The van der Waals surface area contributed by atoms with Crippen molar-refractivity contribution in [3.8, 4) is 0 Å². The Labute approximate surface area is 117 Å². The van der Waals surface area contributed by atoms with Crippen molar-refractivity contribution in [3.05, 3.63) is 39.0 Å². The van der Waals surface area contributed by atoms with E-state index in [1.165, 1.54) is 0 Å². The number of benzene rings is 1. The van der Waals surface area contributed by atoms with Crippen molar-refractivity contribution in [2.75, 3.05) is 0 Å². The first kappa shape index (κ1) is 12.5. The number of halogens is 5. The van der Waals surface area contributed by atoms with Crippen molar-refractivity contribution in [1.82, 2.24) is 4.98 Å². The maximum atomic E-state index is 6.10. The largest absolute Gasteiger partial charge is 0.248 e. The van der Waals surface area contributed by atoms with Crippen molar-refractivity contribution >= 4 is 68.9 Å². The quantitative estimate of drug-likeness (QED) is 0.618. The van der Waals surface area contributed by atoms with E-state index in [-0.39, 0.29) is 5.02 Å². The third-order valence-electron chi connectivity index (χ3n) is 2.06. The first-order valence-corrected chi connectivity index (χ1v) is 6.23. The average Bonchev–Trinajstić information content (AvgIpc) is 2.23. The molecule has 1 aromatic carbocycles. The van der Waals surface area contributed by atoms with Gasteiger partial charge in [-0.25, -0.2) is 4.98 Å². The summed E-state index contributed by atoms with van der Waals surface area (Å²) in [6, 6.07) is 5.14. The van der Waals surface area contributed by atoms with Crippen LogP contribution in [0.25, 0.3) is 10.9 Å². The van der Waals surface area contributed by atoms with Crippen molar-refractivity contribution in [3.63, 3.8) is 0 Å². The fraction of sp³-hybridized carbons (Fsp3) is 0.100. The average molecular weight is 315 g/mol. The summed E-state index contributed by atoms with van der Waals surface area (Å²) in [5.74, 6) is 0. The van der Waals surface area contributed by atoms with Gasteiger partial charge >= 0.3 is 0 Å². The smallest absolute Gasteiger partial charge is 0.151 e. The zero-order chi connectivity index (χ0) is 11.9. The monoisotopic (exact) mass is 313 g/mol. The number of pyridine rings is 1. The standard InChI is InChI=1S/C10H4Cl5N/c11-4-1-2-6-5(3-4)7(12)8(13)9(16-6)10(14)15/h1-3,10H. The minimum Gasteiger partial charge on any atom is -0.248 e. The van der Waals surface area contributed by atoms with Crippen LogP contribution in [0.5, 0.6) is 0 Å². The predicted molar refractivity (Wildman–Crippen MR) is 71.2 cm³/mol. The molecule has 0 saturated carbocycles. The number of alkyl halides is 2. The molecule has 0 bridgehead atoms. The highest BCUT2D eigenvalue weighted by Crippen LogP contribution is 2.38. The van der Waals surface area contributed by atoms with Gasteiger partial charge in [0.05, 0.1) is 21.3 Å². The molecule has 0 spiro atoms. The zero-order valence-corrected chi connectivity index (χ0v) is 11.4. The first-order valence-electron chi connectivity index (χ1n) is 4.23. The van der Waals surface area contributed by atoms with E-state index in [4.69, 9.17) is 58.0 Å². The van der Waals surface area contributed by atoms with Gasteiger partial charge in [-0.05, 0) is 18.2 Å². The Morgan fingerprint density at radius 3 is 2.31 bits per heavy atom. The first-order chi connectivity index (χ1) is 7.50. The Kier molecular flexibility index (Phi) is 3.72. The van der Waals surface area contributed by atoms with Gasteiger partial charge < -0.3 is 0 Å². The molecule has 0 aliphatic heterocycles. The van der Waals surface area contributed by atoms with Crippen LogP contribution in [0.3, 0.4) is 0 Å². The molecular weight excluding hydrogens is 311 g/mol. The molecule has 2 rings (SSSR count). The summed E-state index contributed by atoms with van der Waals surface area (Å²) < 4.78 is 0.